The Morgan fingerprint density at radius 3 is 2.70 bits per heavy atom. The van der Waals surface area contributed by atoms with Crippen molar-refractivity contribution in [3.63, 3.8) is 0 Å². The zero-order chi connectivity index (χ0) is 29.8. The maximum atomic E-state index is 12.7. The van der Waals surface area contributed by atoms with Gasteiger partial charge in [-0.1, -0.05) is 6.08 Å². The Morgan fingerprint density at radius 1 is 1.09 bits per heavy atom. The number of carbonyl (C=O) groups excluding carboxylic acids is 2. The van der Waals surface area contributed by atoms with Crippen molar-refractivity contribution in [3.05, 3.63) is 72.6 Å². The fraction of sp³-hybridized carbons (Fsp3) is 0.323. The Balaban J connectivity index is 1.08. The number of nitrogens with zero attached hydrogens (tertiary/aromatic N) is 5. The molecule has 222 valence electrons. The molecule has 1 atom stereocenters. The summed E-state index contributed by atoms with van der Waals surface area (Å²) in [6.07, 6.45) is 10.1. The first-order valence-electron chi connectivity index (χ1n) is 14.3. The highest BCUT2D eigenvalue weighted by Crippen LogP contribution is 2.34. The second kappa shape index (κ2) is 12.5. The van der Waals surface area contributed by atoms with Gasteiger partial charge in [0.1, 0.15) is 28.5 Å². The Hall–Kier alpha value is -4.97. The lowest BCUT2D eigenvalue weighted by atomic mass is 10.2. The first-order chi connectivity index (χ1) is 21.0. The lowest BCUT2D eigenvalue weighted by Crippen LogP contribution is -2.30. The molecule has 3 N–H and O–H groups in total. The van der Waals surface area contributed by atoms with E-state index in [1.54, 1.807) is 68.0 Å². The Morgan fingerprint density at radius 2 is 1.91 bits per heavy atom. The molecular weight excluding hydrogens is 548 g/mol. The van der Waals surface area contributed by atoms with Crippen LogP contribution in [0.2, 0.25) is 0 Å². The van der Waals surface area contributed by atoms with Gasteiger partial charge in [-0.05, 0) is 56.6 Å². The average molecular weight is 583 g/mol. The van der Waals surface area contributed by atoms with Crippen LogP contribution in [0.4, 0.5) is 11.6 Å². The fourth-order valence-electron chi connectivity index (χ4n) is 5.07. The Labute approximate surface area is 249 Å². The predicted octanol–water partition coefficient (Wildman–Crippen LogP) is 4.07. The number of aromatic amines is 1. The molecule has 0 spiro atoms. The summed E-state index contributed by atoms with van der Waals surface area (Å²) in [5.41, 5.74) is 1.03. The third kappa shape index (κ3) is 6.75. The number of fused-ring (bicyclic) bond motifs is 1. The molecule has 1 saturated carbocycles. The predicted molar refractivity (Wildman–Crippen MR) is 163 cm³/mol. The molecule has 1 aliphatic carbocycles. The minimum Gasteiger partial charge on any atom is -0.497 e. The number of ether oxygens (including phenoxy) is 2. The molecule has 0 radical (unpaired) electrons. The molecular formula is C31H34N8O4. The van der Waals surface area contributed by atoms with Gasteiger partial charge in [0.15, 0.2) is 11.5 Å². The zero-order valence-corrected chi connectivity index (χ0v) is 24.1. The first-order valence-corrected chi connectivity index (χ1v) is 14.3. The number of likely N-dealkylation sites (tertiary alicyclic amines) is 1. The second-order valence-corrected chi connectivity index (χ2v) is 10.8. The van der Waals surface area contributed by atoms with Crippen molar-refractivity contribution >= 4 is 34.5 Å². The highest BCUT2D eigenvalue weighted by molar-refractivity contribution is 6.04. The number of aromatic nitrogens is 4. The van der Waals surface area contributed by atoms with E-state index in [1.807, 2.05) is 11.0 Å². The normalized spacial score (nSPS) is 16.6. The average Bonchev–Trinajstić information content (AvgIpc) is 3.64. The van der Waals surface area contributed by atoms with Crippen molar-refractivity contribution in [3.8, 4) is 17.2 Å². The number of benzene rings is 1. The van der Waals surface area contributed by atoms with Crippen LogP contribution in [0.1, 0.15) is 29.6 Å². The van der Waals surface area contributed by atoms with Gasteiger partial charge < -0.3 is 25.0 Å². The summed E-state index contributed by atoms with van der Waals surface area (Å²) in [6, 6.07) is 12.6. The van der Waals surface area contributed by atoms with Gasteiger partial charge in [0, 0.05) is 67.9 Å². The minimum absolute atomic E-state index is 0.0305. The number of methoxy groups -OCH3 is 1. The summed E-state index contributed by atoms with van der Waals surface area (Å²) in [4.78, 5) is 38.1. The van der Waals surface area contributed by atoms with Crippen LogP contribution in [0.3, 0.4) is 0 Å². The molecule has 6 rings (SSSR count). The standard InChI is InChI=1S/C31H34N8O4/c1-38(22-7-8-22)16-3-4-27(40)39-17-13-21(19-39)34-30-28-25(12-15-33-29(28)36-37-30)43-23-9-5-20(6-10-23)31(41)35-26-18-24(42-2)11-14-32-26/h3-6,9-12,14-15,18,21-22H,7-8,13,16-17,19H2,1-2H3,(H,32,35,41)(H2,33,34,36,37)/b4-3+. The number of pyridine rings is 2. The smallest absolute Gasteiger partial charge is 0.256 e. The van der Waals surface area contributed by atoms with E-state index in [9.17, 15) is 9.59 Å². The quantitative estimate of drug-likeness (QED) is 0.224. The molecule has 1 aliphatic heterocycles. The summed E-state index contributed by atoms with van der Waals surface area (Å²) in [5, 5.41) is 14.4. The first kappa shape index (κ1) is 28.2. The third-order valence-electron chi connectivity index (χ3n) is 7.64. The van der Waals surface area contributed by atoms with E-state index in [0.717, 1.165) is 13.0 Å². The molecule has 4 aromatic rings. The molecule has 0 bridgehead atoms. The molecule has 1 aromatic carbocycles. The van der Waals surface area contributed by atoms with Crippen molar-refractivity contribution < 1.29 is 19.1 Å². The molecule has 2 fully saturated rings. The van der Waals surface area contributed by atoms with E-state index in [0.29, 0.717) is 64.6 Å². The van der Waals surface area contributed by atoms with Crippen LogP contribution in [0.5, 0.6) is 17.2 Å². The van der Waals surface area contributed by atoms with Crippen LogP contribution in [0.15, 0.2) is 67.0 Å². The van der Waals surface area contributed by atoms with Crippen LogP contribution >= 0.6 is 0 Å². The molecule has 2 aliphatic rings. The van der Waals surface area contributed by atoms with Gasteiger partial charge in [0.2, 0.25) is 5.91 Å². The fourth-order valence-corrected chi connectivity index (χ4v) is 5.07. The molecule has 1 unspecified atom stereocenters. The Bertz CT molecular complexity index is 1630. The summed E-state index contributed by atoms with van der Waals surface area (Å²) in [6.45, 7) is 2.05. The van der Waals surface area contributed by atoms with Gasteiger partial charge in [-0.25, -0.2) is 9.97 Å². The molecule has 3 aromatic heterocycles. The van der Waals surface area contributed by atoms with Crippen LogP contribution in [-0.2, 0) is 4.79 Å². The van der Waals surface area contributed by atoms with E-state index in [1.165, 1.54) is 12.8 Å². The van der Waals surface area contributed by atoms with E-state index in [4.69, 9.17) is 9.47 Å². The summed E-state index contributed by atoms with van der Waals surface area (Å²) < 4.78 is 11.4. The summed E-state index contributed by atoms with van der Waals surface area (Å²) in [5.74, 6) is 2.45. The zero-order valence-electron chi connectivity index (χ0n) is 24.1. The molecule has 12 heteroatoms. The van der Waals surface area contributed by atoms with Crippen LogP contribution < -0.4 is 20.1 Å². The van der Waals surface area contributed by atoms with Crippen molar-refractivity contribution in [2.45, 2.75) is 31.3 Å². The maximum absolute atomic E-state index is 12.7. The summed E-state index contributed by atoms with van der Waals surface area (Å²) in [7, 11) is 3.65. The van der Waals surface area contributed by atoms with Crippen molar-refractivity contribution in [1.82, 2.24) is 30.0 Å². The number of anilines is 2. The van der Waals surface area contributed by atoms with E-state index in [-0.39, 0.29) is 17.9 Å². The third-order valence-corrected chi connectivity index (χ3v) is 7.64. The molecule has 4 heterocycles. The lowest BCUT2D eigenvalue weighted by molar-refractivity contribution is -0.125. The maximum Gasteiger partial charge on any atom is 0.256 e. The number of amides is 2. The van der Waals surface area contributed by atoms with Gasteiger partial charge in [0.25, 0.3) is 5.91 Å². The molecule has 1 saturated heterocycles. The largest absolute Gasteiger partial charge is 0.497 e. The van der Waals surface area contributed by atoms with Crippen molar-refractivity contribution in [2.75, 3.05) is 44.4 Å². The number of nitrogens with one attached hydrogen (secondary N) is 3. The van der Waals surface area contributed by atoms with E-state index >= 15 is 0 Å². The van der Waals surface area contributed by atoms with Gasteiger partial charge in [-0.15, -0.1) is 0 Å². The second-order valence-electron chi connectivity index (χ2n) is 10.8. The van der Waals surface area contributed by atoms with E-state index in [2.05, 4.69) is 42.7 Å². The van der Waals surface area contributed by atoms with Crippen LogP contribution in [-0.4, -0.2) is 87.7 Å². The topological polar surface area (TPSA) is 138 Å². The summed E-state index contributed by atoms with van der Waals surface area (Å²) >= 11 is 0. The number of H-pyrrole nitrogens is 1. The van der Waals surface area contributed by atoms with Crippen LogP contribution in [0, 0.1) is 0 Å². The highest BCUT2D eigenvalue weighted by Gasteiger charge is 2.27. The molecule has 43 heavy (non-hydrogen) atoms. The number of rotatable bonds is 11. The molecule has 2 amide bonds. The molecule has 12 nitrogen and oxygen atoms in total. The Kier molecular flexibility index (Phi) is 8.18. The van der Waals surface area contributed by atoms with E-state index < -0.39 is 0 Å². The SMILES string of the molecule is COc1ccnc(NC(=O)c2ccc(Oc3ccnc4[nH]nc(NC5CCN(C(=O)/C=C/CN(C)C6CC6)C5)c34)cc2)c1. The highest BCUT2D eigenvalue weighted by atomic mass is 16.5. The number of hydrogen-bond donors (Lipinski definition) is 3. The van der Waals surface area contributed by atoms with Gasteiger partial charge >= 0.3 is 0 Å². The van der Waals surface area contributed by atoms with Crippen molar-refractivity contribution in [2.24, 2.45) is 0 Å². The lowest BCUT2D eigenvalue weighted by Gasteiger charge is -2.16. The number of hydrogen-bond acceptors (Lipinski definition) is 9. The number of carbonyl (C=O) groups is 2. The van der Waals surface area contributed by atoms with Gasteiger partial charge in [0.05, 0.1) is 7.11 Å². The van der Waals surface area contributed by atoms with Crippen molar-refractivity contribution in [1.29, 1.82) is 0 Å². The minimum atomic E-state index is -0.301. The monoisotopic (exact) mass is 582 g/mol. The van der Waals surface area contributed by atoms with Gasteiger partial charge in [-0.3, -0.25) is 19.6 Å². The van der Waals surface area contributed by atoms with Crippen LogP contribution in [0.25, 0.3) is 11.0 Å². The van der Waals surface area contributed by atoms with Gasteiger partial charge in [-0.2, -0.15) is 5.10 Å². The number of likely N-dealkylation sites (N-methyl/N-ethyl adjacent to an activating group) is 1.